The highest BCUT2D eigenvalue weighted by Gasteiger charge is 2.24. The number of nitrogens with two attached hydrogens (primary N) is 1. The highest BCUT2D eigenvalue weighted by Crippen LogP contribution is 2.27. The van der Waals surface area contributed by atoms with E-state index >= 15 is 0 Å². The number of fused-ring (bicyclic) bond motifs is 1. The molecule has 1 aliphatic heterocycles. The second-order valence-electron chi connectivity index (χ2n) is 7.19. The Morgan fingerprint density at radius 2 is 2.25 bits per heavy atom. The number of ether oxygens (including phenoxy) is 1. The van der Waals surface area contributed by atoms with E-state index in [1.54, 1.807) is 37.4 Å². The Morgan fingerprint density at radius 1 is 1.39 bits per heavy atom. The van der Waals surface area contributed by atoms with Gasteiger partial charge in [0.15, 0.2) is 0 Å². The van der Waals surface area contributed by atoms with Gasteiger partial charge in [0, 0.05) is 19.7 Å². The Labute approximate surface area is 162 Å². The highest BCUT2D eigenvalue weighted by molar-refractivity contribution is 6.04. The number of aromatic amines is 1. The van der Waals surface area contributed by atoms with Gasteiger partial charge < -0.3 is 15.5 Å². The maximum Gasteiger partial charge on any atom is 0.250 e. The van der Waals surface area contributed by atoms with Gasteiger partial charge in [-0.3, -0.25) is 9.69 Å². The molecule has 0 radical (unpaired) electrons. The zero-order valence-electron chi connectivity index (χ0n) is 15.7. The number of likely N-dealkylation sites (tertiary alicyclic amines) is 1. The summed E-state index contributed by atoms with van der Waals surface area (Å²) in [5.41, 5.74) is 8.10. The Hall–Kier alpha value is -2.77. The van der Waals surface area contributed by atoms with Gasteiger partial charge in [0.1, 0.15) is 17.2 Å². The molecule has 1 amide bonds. The molecule has 0 aliphatic carbocycles. The molecular formula is C21H23FN4O2. The second kappa shape index (κ2) is 7.69. The molecule has 28 heavy (non-hydrogen) atoms. The largest absolute Gasteiger partial charge is 0.383 e. The number of benzene rings is 2. The fourth-order valence-electron chi connectivity index (χ4n) is 3.93. The van der Waals surface area contributed by atoms with Gasteiger partial charge in [-0.25, -0.2) is 9.37 Å². The number of hydrogen-bond donors (Lipinski definition) is 2. The summed E-state index contributed by atoms with van der Waals surface area (Å²) in [6.07, 6.45) is 2.24. The lowest BCUT2D eigenvalue weighted by molar-refractivity contribution is 0.100. The quantitative estimate of drug-likeness (QED) is 0.686. The van der Waals surface area contributed by atoms with E-state index in [0.29, 0.717) is 47.2 Å². The molecule has 3 aromatic rings. The van der Waals surface area contributed by atoms with Crippen LogP contribution in [0.4, 0.5) is 4.39 Å². The normalized spacial score (nSPS) is 17.4. The highest BCUT2D eigenvalue weighted by atomic mass is 19.1. The molecule has 2 heterocycles. The molecular weight excluding hydrogens is 359 g/mol. The Bertz CT molecular complexity index is 1020. The first-order valence-corrected chi connectivity index (χ1v) is 9.37. The number of rotatable bonds is 6. The predicted octanol–water partition coefficient (Wildman–Crippen LogP) is 3.08. The number of primary amides is 1. The molecule has 146 valence electrons. The average molecular weight is 382 g/mol. The van der Waals surface area contributed by atoms with Gasteiger partial charge in [-0.15, -0.1) is 0 Å². The van der Waals surface area contributed by atoms with Crippen LogP contribution in [0, 0.1) is 5.82 Å². The van der Waals surface area contributed by atoms with Crippen LogP contribution in [-0.2, 0) is 11.3 Å². The Balaban J connectivity index is 1.61. The van der Waals surface area contributed by atoms with E-state index < -0.39 is 5.91 Å². The van der Waals surface area contributed by atoms with Gasteiger partial charge in [-0.05, 0) is 49.2 Å². The Morgan fingerprint density at radius 3 is 3.00 bits per heavy atom. The van der Waals surface area contributed by atoms with Crippen molar-refractivity contribution in [1.82, 2.24) is 14.9 Å². The molecule has 6 nitrogen and oxygen atoms in total. The number of carbonyl (C=O) groups excluding carboxylic acids is 1. The van der Waals surface area contributed by atoms with Gasteiger partial charge in [0.25, 0.3) is 5.91 Å². The standard InChI is InChI=1S/C21H23FN4O2/c1-28-12-14-4-3-9-26(14)11-13-7-8-15(17(22)10-13)21-24-18-6-2-5-16(20(23)27)19(18)25-21/h2,5-8,10,14H,3-4,9,11-12H2,1H3,(H2,23,27)(H,24,25)/t14-/m1/s1. The van der Waals surface area contributed by atoms with Crippen LogP contribution in [0.25, 0.3) is 22.4 Å². The van der Waals surface area contributed by atoms with Crippen molar-refractivity contribution in [3.8, 4) is 11.4 Å². The third-order valence-corrected chi connectivity index (χ3v) is 5.31. The van der Waals surface area contributed by atoms with Crippen molar-refractivity contribution in [2.45, 2.75) is 25.4 Å². The summed E-state index contributed by atoms with van der Waals surface area (Å²) in [6.45, 7) is 2.38. The summed E-state index contributed by atoms with van der Waals surface area (Å²) in [4.78, 5) is 21.4. The number of H-pyrrole nitrogens is 1. The summed E-state index contributed by atoms with van der Waals surface area (Å²) < 4.78 is 20.1. The minimum Gasteiger partial charge on any atom is -0.383 e. The van der Waals surface area contributed by atoms with E-state index in [1.165, 1.54) is 0 Å². The number of amides is 1. The van der Waals surface area contributed by atoms with Crippen molar-refractivity contribution in [2.24, 2.45) is 5.73 Å². The number of aromatic nitrogens is 2. The van der Waals surface area contributed by atoms with E-state index in [1.807, 2.05) is 6.07 Å². The molecule has 1 atom stereocenters. The Kier molecular flexibility index (Phi) is 5.11. The van der Waals surface area contributed by atoms with Gasteiger partial charge in [-0.1, -0.05) is 12.1 Å². The predicted molar refractivity (Wildman–Crippen MR) is 105 cm³/mol. The summed E-state index contributed by atoms with van der Waals surface area (Å²) in [6, 6.07) is 10.7. The number of halogens is 1. The minimum atomic E-state index is -0.560. The molecule has 3 N–H and O–H groups in total. The number of methoxy groups -OCH3 is 1. The van der Waals surface area contributed by atoms with E-state index in [-0.39, 0.29) is 5.82 Å². The minimum absolute atomic E-state index is 0.315. The summed E-state index contributed by atoms with van der Waals surface area (Å²) in [5.74, 6) is -0.526. The van der Waals surface area contributed by atoms with E-state index in [4.69, 9.17) is 10.5 Å². The molecule has 0 spiro atoms. The van der Waals surface area contributed by atoms with Gasteiger partial charge >= 0.3 is 0 Å². The molecule has 2 aromatic carbocycles. The third-order valence-electron chi connectivity index (χ3n) is 5.31. The van der Waals surface area contributed by atoms with Crippen LogP contribution in [0.3, 0.4) is 0 Å². The topological polar surface area (TPSA) is 84.2 Å². The molecule has 1 fully saturated rings. The SMILES string of the molecule is COC[C@H]1CCCN1Cc1ccc(-c2nc3c(C(N)=O)cccc3[nH]2)c(F)c1. The average Bonchev–Trinajstić information content (AvgIpc) is 3.28. The zero-order chi connectivity index (χ0) is 19.7. The van der Waals surface area contributed by atoms with Crippen LogP contribution in [0.5, 0.6) is 0 Å². The van der Waals surface area contributed by atoms with Crippen LogP contribution >= 0.6 is 0 Å². The van der Waals surface area contributed by atoms with Gasteiger partial charge in [-0.2, -0.15) is 0 Å². The lowest BCUT2D eigenvalue weighted by Crippen LogP contribution is -2.32. The fourth-order valence-corrected chi connectivity index (χ4v) is 3.93. The van der Waals surface area contributed by atoms with Crippen molar-refractivity contribution in [3.63, 3.8) is 0 Å². The summed E-state index contributed by atoms with van der Waals surface area (Å²) in [5, 5.41) is 0. The van der Waals surface area contributed by atoms with Crippen LogP contribution in [-0.4, -0.2) is 47.1 Å². The molecule has 4 rings (SSSR count). The van der Waals surface area contributed by atoms with Gasteiger partial charge in [0.05, 0.1) is 23.3 Å². The number of hydrogen-bond acceptors (Lipinski definition) is 4. The van der Waals surface area contributed by atoms with Crippen molar-refractivity contribution < 1.29 is 13.9 Å². The molecule has 1 aliphatic rings. The molecule has 0 saturated carbocycles. The second-order valence-corrected chi connectivity index (χ2v) is 7.19. The van der Waals surface area contributed by atoms with E-state index in [0.717, 1.165) is 24.9 Å². The van der Waals surface area contributed by atoms with Crippen LogP contribution in [0.1, 0.15) is 28.8 Å². The molecule has 0 bridgehead atoms. The maximum atomic E-state index is 14.8. The molecule has 7 heteroatoms. The number of nitrogens with one attached hydrogen (secondary N) is 1. The zero-order valence-corrected chi connectivity index (χ0v) is 15.7. The monoisotopic (exact) mass is 382 g/mol. The van der Waals surface area contributed by atoms with Crippen LogP contribution in [0.2, 0.25) is 0 Å². The van der Waals surface area contributed by atoms with Crippen molar-refractivity contribution in [2.75, 3.05) is 20.3 Å². The smallest absolute Gasteiger partial charge is 0.250 e. The molecule has 1 aromatic heterocycles. The molecule has 1 saturated heterocycles. The van der Waals surface area contributed by atoms with Crippen molar-refractivity contribution in [1.29, 1.82) is 0 Å². The third kappa shape index (κ3) is 3.50. The first kappa shape index (κ1) is 18.6. The van der Waals surface area contributed by atoms with Crippen molar-refractivity contribution >= 4 is 16.9 Å². The summed E-state index contributed by atoms with van der Waals surface area (Å²) in [7, 11) is 1.71. The van der Waals surface area contributed by atoms with Crippen molar-refractivity contribution in [3.05, 3.63) is 53.3 Å². The first-order chi connectivity index (χ1) is 13.6. The van der Waals surface area contributed by atoms with Crippen LogP contribution < -0.4 is 5.73 Å². The van der Waals surface area contributed by atoms with E-state index in [2.05, 4.69) is 14.9 Å². The maximum absolute atomic E-state index is 14.8. The fraction of sp³-hybridized carbons (Fsp3) is 0.333. The van der Waals surface area contributed by atoms with Gasteiger partial charge in [0.2, 0.25) is 0 Å². The number of nitrogens with zero attached hydrogens (tertiary/aromatic N) is 2. The van der Waals surface area contributed by atoms with E-state index in [9.17, 15) is 9.18 Å². The lowest BCUT2D eigenvalue weighted by atomic mass is 10.1. The van der Waals surface area contributed by atoms with Crippen LogP contribution in [0.15, 0.2) is 36.4 Å². The number of carbonyl (C=O) groups is 1. The molecule has 0 unspecified atom stereocenters. The number of imidazole rings is 1. The lowest BCUT2D eigenvalue weighted by Gasteiger charge is -2.23. The summed E-state index contributed by atoms with van der Waals surface area (Å²) >= 11 is 0. The first-order valence-electron chi connectivity index (χ1n) is 9.37. The number of para-hydroxylation sites is 1.